The van der Waals surface area contributed by atoms with Gasteiger partial charge in [-0.2, -0.15) is 122 Å². The van der Waals surface area contributed by atoms with Crippen molar-refractivity contribution in [3.8, 4) is 12.1 Å². The quantitative estimate of drug-likeness (QED) is 0.166. The Balaban J connectivity index is -0.0000000213. The molecule has 0 saturated heterocycles. The van der Waals surface area contributed by atoms with Gasteiger partial charge in [0.05, 0.1) is 12.1 Å². The van der Waals surface area contributed by atoms with Crippen LogP contribution in [0.1, 0.15) is 125 Å². The third-order valence-electron chi connectivity index (χ3n) is 11.2. The van der Waals surface area contributed by atoms with Crippen molar-refractivity contribution >= 4 is 54.0 Å². The molecule has 4 aromatic carbocycles. The summed E-state index contributed by atoms with van der Waals surface area (Å²) in [6.45, 7) is 46.8. The molecule has 0 saturated carbocycles. The van der Waals surface area contributed by atoms with Crippen molar-refractivity contribution in [3.05, 3.63) is 111 Å². The molecule has 0 amide bonds. The molecule has 0 unspecified atom stereocenters. The number of nitrogens with zero attached hydrogens (tertiary/aromatic N) is 2. The van der Waals surface area contributed by atoms with Crippen LogP contribution in [-0.2, 0) is 185 Å². The molecule has 0 heterocycles. The zero-order chi connectivity index (χ0) is 37.0. The molecular weight excluding hydrogens is 1840 g/mol. The van der Waals surface area contributed by atoms with Crippen molar-refractivity contribution < 1.29 is 205 Å². The van der Waals surface area contributed by atoms with Crippen LogP contribution in [0.25, 0.3) is 0 Å². The van der Waals surface area contributed by atoms with Gasteiger partial charge in [-0.3, -0.25) is 0 Å². The summed E-state index contributed by atoms with van der Waals surface area (Å²) in [5.74, 6) is 0. The smallest absolute Gasteiger partial charge is 2.00 e. The predicted octanol–water partition coefficient (Wildman–Crippen LogP) is -5.15. The zero-order valence-electron chi connectivity index (χ0n) is 40.1. The van der Waals surface area contributed by atoms with Crippen molar-refractivity contribution in [1.29, 1.82) is 10.5 Å². The first kappa shape index (κ1) is 127. The van der Waals surface area contributed by atoms with Gasteiger partial charge < -0.3 is 128 Å². The van der Waals surface area contributed by atoms with Gasteiger partial charge in [0, 0.05) is 34.0 Å². The minimum absolute atomic E-state index is 0. The maximum Gasteiger partial charge on any atom is 3.00 e. The van der Waals surface area contributed by atoms with Crippen LogP contribution in [-0.4, -0.2) is 0 Å². The molecule has 0 atom stereocenters. The van der Waals surface area contributed by atoms with E-state index in [0.29, 0.717) is 0 Å². The van der Waals surface area contributed by atoms with Crippen LogP contribution in [0, 0.1) is 161 Å². The van der Waals surface area contributed by atoms with Crippen LogP contribution in [0.4, 0.5) is 0 Å². The molecule has 3 radical (unpaired) electrons. The van der Waals surface area contributed by atoms with E-state index < -0.39 is 0 Å². The van der Waals surface area contributed by atoms with Crippen LogP contribution in [0.2, 0.25) is 0 Å². The summed E-state index contributed by atoms with van der Waals surface area (Å²) in [7, 11) is 0. The SMILES string of the molecule is CC#N.CC#N.Cc1c(C)c(C)[c-](C)c1C.Cc1c(C)c(C)[c-](C)c1C.Cc1c(C)c(C)[c-](C)c1C.Cc1c(C)c(C)[c-](C)c1C.[Cl-].[Cl-].[Cl-].[Cl-].[Cl-].[Cl-].[Co+2].[Co+2].[Co+3].[Ir+3].[Ir+3].[Ir+3].[Ir].[S-2].[S-2].[S-2].[S-2]. The number of nitriles is 2. The molecule has 0 aliphatic heterocycles. The summed E-state index contributed by atoms with van der Waals surface area (Å²) in [6, 6.07) is 3.50. The van der Waals surface area contributed by atoms with Crippen molar-refractivity contribution in [2.75, 3.05) is 0 Å². The van der Waals surface area contributed by atoms with Crippen molar-refractivity contribution in [3.63, 3.8) is 0 Å². The molecule has 383 valence electrons. The van der Waals surface area contributed by atoms with Crippen LogP contribution in [0.5, 0.6) is 0 Å². The van der Waals surface area contributed by atoms with E-state index >= 15 is 0 Å². The summed E-state index contributed by atoms with van der Waals surface area (Å²) in [5.41, 5.74) is 29.4. The number of halogens is 6. The minimum atomic E-state index is 0. The Morgan fingerprint density at radius 1 is 0.302 bits per heavy atom. The van der Waals surface area contributed by atoms with Crippen LogP contribution in [0.15, 0.2) is 0 Å². The number of hydrogen-bond donors (Lipinski definition) is 0. The normalized spacial score (nSPS) is 6.92. The van der Waals surface area contributed by atoms with Crippen molar-refractivity contribution in [1.82, 2.24) is 0 Å². The van der Waals surface area contributed by atoms with Gasteiger partial charge in [0.25, 0.3) is 0 Å². The number of hydrogen-bond acceptors (Lipinski definition) is 2. The molecule has 0 bridgehead atoms. The van der Waals surface area contributed by atoms with Crippen molar-refractivity contribution in [2.45, 2.75) is 152 Å². The van der Waals surface area contributed by atoms with Gasteiger partial charge in [0.2, 0.25) is 0 Å². The molecule has 2 nitrogen and oxygen atoms in total. The zero-order valence-corrected chi connectivity index (χ0v) is 60.6. The van der Waals surface area contributed by atoms with Gasteiger partial charge in [0.15, 0.2) is 0 Å². The Bertz CT molecular complexity index is 1180. The summed E-state index contributed by atoms with van der Waals surface area (Å²) >= 11 is 0. The van der Waals surface area contributed by atoms with Crippen LogP contribution >= 0.6 is 0 Å². The molecule has 4 aromatic rings. The molecule has 0 N–H and O–H groups in total. The fourth-order valence-corrected chi connectivity index (χ4v) is 5.62. The Labute approximate surface area is 538 Å². The predicted molar refractivity (Wildman–Crippen MR) is 235 cm³/mol. The number of rotatable bonds is 0. The molecule has 19 heteroatoms. The average Bonchev–Trinajstić information content (AvgIpc) is 3.46. The first-order valence-corrected chi connectivity index (χ1v) is 16.4. The third kappa shape index (κ3) is 38.0. The molecule has 0 fully saturated rings. The maximum absolute atomic E-state index is 7.32. The molecular formula is C44H66Cl6Co3Ir4N2S4-2. The Morgan fingerprint density at radius 3 is 0.365 bits per heavy atom. The van der Waals surface area contributed by atoms with E-state index in [1.165, 1.54) is 125 Å². The van der Waals surface area contributed by atoms with Gasteiger partial charge in [0.1, 0.15) is 0 Å². The second kappa shape index (κ2) is 63.7. The van der Waals surface area contributed by atoms with E-state index in [4.69, 9.17) is 10.5 Å². The molecule has 4 rings (SSSR count). The fourth-order valence-electron chi connectivity index (χ4n) is 5.62. The second-order valence-corrected chi connectivity index (χ2v) is 12.9. The minimum Gasteiger partial charge on any atom is -2.00 e. The standard InChI is InChI=1S/4C10H15.2C2H3N.6ClH.3Co.4Ir.4S/c4*1-6-7(2)9(4)10(5)8(6)3;2*1-2-3;;;;;;;;;;;;;;;;;/h4*1-5H3;2*1H3;6*1H;;;;;;;;;;;/q4*-1;;;;;;;;;2*+2;+3;;3*+3;4*-2/p-6. The van der Waals surface area contributed by atoms with E-state index in [1.54, 1.807) is 12.1 Å². The summed E-state index contributed by atoms with van der Waals surface area (Å²) < 4.78 is 0. The van der Waals surface area contributed by atoms with E-state index in [0.717, 1.165) is 0 Å². The Hall–Kier alpha value is 3.64. The molecule has 0 aliphatic rings. The van der Waals surface area contributed by atoms with E-state index in [-0.39, 0.29) is 259 Å². The summed E-state index contributed by atoms with van der Waals surface area (Å²) in [5, 5.41) is 14.6. The second-order valence-electron chi connectivity index (χ2n) is 12.9. The molecule has 63 heavy (non-hydrogen) atoms. The topological polar surface area (TPSA) is 47.6 Å². The average molecular weight is 1910 g/mol. The van der Waals surface area contributed by atoms with E-state index in [9.17, 15) is 0 Å². The van der Waals surface area contributed by atoms with Gasteiger partial charge in [-0.05, 0) is 0 Å². The maximum atomic E-state index is 7.32. The van der Waals surface area contributed by atoms with Gasteiger partial charge in [-0.1, -0.05) is 138 Å². The van der Waals surface area contributed by atoms with Crippen LogP contribution < -0.4 is 74.4 Å². The fraction of sp³-hybridized carbons (Fsp3) is 0.500. The largest absolute Gasteiger partial charge is 3.00 e. The summed E-state index contributed by atoms with van der Waals surface area (Å²) in [4.78, 5) is 0. The first-order valence-electron chi connectivity index (χ1n) is 16.4. The monoisotopic (exact) mass is 1910 g/mol. The van der Waals surface area contributed by atoms with E-state index in [1.807, 2.05) is 0 Å². The van der Waals surface area contributed by atoms with Gasteiger partial charge in [-0.15, -0.1) is 0 Å². The van der Waals surface area contributed by atoms with Gasteiger partial charge >= 0.3 is 111 Å². The molecule has 0 aromatic heterocycles. The van der Waals surface area contributed by atoms with Gasteiger partial charge in [-0.25, -0.2) is 0 Å². The first-order chi connectivity index (χ1) is 21.0. The van der Waals surface area contributed by atoms with Crippen molar-refractivity contribution in [2.24, 2.45) is 0 Å². The third-order valence-corrected chi connectivity index (χ3v) is 11.2. The Morgan fingerprint density at radius 2 is 0.349 bits per heavy atom. The molecule has 0 aliphatic carbocycles. The Kier molecular flexibility index (Phi) is 128. The van der Waals surface area contributed by atoms with Crippen LogP contribution in [0.3, 0.4) is 0 Å². The summed E-state index contributed by atoms with van der Waals surface area (Å²) in [6.07, 6.45) is 0. The van der Waals surface area contributed by atoms with E-state index in [2.05, 4.69) is 138 Å². The molecule has 0 spiro atoms.